The van der Waals surface area contributed by atoms with Crippen LogP contribution in [0.2, 0.25) is 0 Å². The molecular formula is C16H19BrN2O4S. The van der Waals surface area contributed by atoms with Crippen molar-refractivity contribution in [2.75, 3.05) is 27.4 Å². The third-order valence-corrected chi connectivity index (χ3v) is 4.23. The number of halogens is 1. The molecule has 1 aromatic carbocycles. The van der Waals surface area contributed by atoms with E-state index in [1.54, 1.807) is 21.1 Å². The fourth-order valence-electron chi connectivity index (χ4n) is 2.42. The van der Waals surface area contributed by atoms with E-state index in [0.29, 0.717) is 28.7 Å². The first-order valence-corrected chi connectivity index (χ1v) is 8.45. The van der Waals surface area contributed by atoms with E-state index in [4.69, 9.17) is 26.4 Å². The Balaban J connectivity index is 2.41. The lowest BCUT2D eigenvalue weighted by molar-refractivity contribution is -0.140. The van der Waals surface area contributed by atoms with Crippen LogP contribution in [0.15, 0.2) is 33.9 Å². The second-order valence-electron chi connectivity index (χ2n) is 5.09. The van der Waals surface area contributed by atoms with Crippen molar-refractivity contribution < 1.29 is 19.0 Å². The summed E-state index contributed by atoms with van der Waals surface area (Å²) in [6, 6.07) is 5.12. The standard InChI is InChI=1S/C16H19BrN2O4S/c1-9-13(15(20)23-7-6-21-2)14(19-16(24)18-9)11-8-10(17)4-5-12(11)22-3/h4-5,8,14H,6-7H2,1-3H3,(H2,18,19,24). The van der Waals surface area contributed by atoms with Gasteiger partial charge in [-0.15, -0.1) is 0 Å². The Labute approximate surface area is 154 Å². The van der Waals surface area contributed by atoms with E-state index in [1.165, 1.54) is 0 Å². The molecule has 0 saturated heterocycles. The van der Waals surface area contributed by atoms with Crippen LogP contribution in [0.1, 0.15) is 18.5 Å². The van der Waals surface area contributed by atoms with Crippen molar-refractivity contribution in [2.24, 2.45) is 0 Å². The lowest BCUT2D eigenvalue weighted by Gasteiger charge is -2.30. The Morgan fingerprint density at radius 3 is 2.75 bits per heavy atom. The minimum absolute atomic E-state index is 0.179. The van der Waals surface area contributed by atoms with Crippen molar-refractivity contribution >= 4 is 39.2 Å². The Kier molecular flexibility index (Phi) is 6.59. The second-order valence-corrected chi connectivity index (χ2v) is 6.41. The van der Waals surface area contributed by atoms with Crippen LogP contribution in [-0.2, 0) is 14.3 Å². The van der Waals surface area contributed by atoms with Gasteiger partial charge in [0.05, 0.1) is 25.3 Å². The number of hydrogen-bond donors (Lipinski definition) is 2. The molecule has 6 nitrogen and oxygen atoms in total. The number of hydrogen-bond acceptors (Lipinski definition) is 5. The number of ether oxygens (including phenoxy) is 3. The summed E-state index contributed by atoms with van der Waals surface area (Å²) in [7, 11) is 3.13. The van der Waals surface area contributed by atoms with Crippen LogP contribution in [0.4, 0.5) is 0 Å². The minimum Gasteiger partial charge on any atom is -0.496 e. The molecule has 2 N–H and O–H groups in total. The highest BCUT2D eigenvalue weighted by atomic mass is 79.9. The van der Waals surface area contributed by atoms with Crippen LogP contribution in [0.5, 0.6) is 5.75 Å². The fourth-order valence-corrected chi connectivity index (χ4v) is 3.07. The summed E-state index contributed by atoms with van der Waals surface area (Å²) in [6.07, 6.45) is 0. The van der Waals surface area contributed by atoms with Crippen molar-refractivity contribution in [2.45, 2.75) is 13.0 Å². The molecule has 0 spiro atoms. The topological polar surface area (TPSA) is 68.8 Å². The molecule has 2 rings (SSSR count). The molecule has 0 aliphatic carbocycles. The fraction of sp³-hybridized carbons (Fsp3) is 0.375. The maximum absolute atomic E-state index is 12.5. The summed E-state index contributed by atoms with van der Waals surface area (Å²) >= 11 is 8.69. The van der Waals surface area contributed by atoms with E-state index < -0.39 is 12.0 Å². The molecule has 1 heterocycles. The van der Waals surface area contributed by atoms with E-state index in [0.717, 1.165) is 10.0 Å². The van der Waals surface area contributed by atoms with Gasteiger partial charge in [-0.25, -0.2) is 4.79 Å². The number of rotatable bonds is 6. The molecule has 0 radical (unpaired) electrons. The van der Waals surface area contributed by atoms with E-state index in [-0.39, 0.29) is 6.61 Å². The number of esters is 1. The van der Waals surface area contributed by atoms with Crippen LogP contribution < -0.4 is 15.4 Å². The Hall–Kier alpha value is -1.64. The van der Waals surface area contributed by atoms with Crippen molar-refractivity contribution in [3.63, 3.8) is 0 Å². The van der Waals surface area contributed by atoms with Crippen LogP contribution in [0, 0.1) is 0 Å². The summed E-state index contributed by atoms with van der Waals surface area (Å²) in [6.45, 7) is 2.30. The van der Waals surface area contributed by atoms with Gasteiger partial charge >= 0.3 is 5.97 Å². The van der Waals surface area contributed by atoms with E-state index in [9.17, 15) is 4.79 Å². The first-order valence-electron chi connectivity index (χ1n) is 7.25. The van der Waals surface area contributed by atoms with Gasteiger partial charge in [0, 0.05) is 22.8 Å². The van der Waals surface area contributed by atoms with Crippen molar-refractivity contribution in [1.29, 1.82) is 0 Å². The molecule has 1 aliphatic heterocycles. The number of carbonyl (C=O) groups excluding carboxylic acids is 1. The normalized spacial score (nSPS) is 17.2. The van der Waals surface area contributed by atoms with Gasteiger partial charge in [-0.2, -0.15) is 0 Å². The number of benzene rings is 1. The predicted octanol–water partition coefficient (Wildman–Crippen LogP) is 2.44. The minimum atomic E-state index is -0.471. The molecule has 24 heavy (non-hydrogen) atoms. The summed E-state index contributed by atoms with van der Waals surface area (Å²) in [5.41, 5.74) is 1.89. The number of methoxy groups -OCH3 is 2. The van der Waals surface area contributed by atoms with Gasteiger partial charge in [-0.3, -0.25) is 0 Å². The zero-order valence-corrected chi connectivity index (χ0v) is 16.0. The SMILES string of the molecule is COCCOC(=O)C1=C(C)NC(=S)NC1c1cc(Br)ccc1OC. The first kappa shape index (κ1) is 18.7. The van der Waals surface area contributed by atoms with E-state index in [1.807, 2.05) is 18.2 Å². The largest absolute Gasteiger partial charge is 0.496 e. The molecule has 1 aromatic rings. The third kappa shape index (κ3) is 4.25. The number of nitrogens with one attached hydrogen (secondary N) is 2. The molecule has 0 aromatic heterocycles. The zero-order valence-electron chi connectivity index (χ0n) is 13.6. The maximum atomic E-state index is 12.5. The highest BCUT2D eigenvalue weighted by molar-refractivity contribution is 9.10. The van der Waals surface area contributed by atoms with Crippen molar-refractivity contribution in [1.82, 2.24) is 10.6 Å². The molecule has 8 heteroatoms. The van der Waals surface area contributed by atoms with Gasteiger partial charge in [0.1, 0.15) is 12.4 Å². The lowest BCUT2D eigenvalue weighted by atomic mass is 9.95. The van der Waals surface area contributed by atoms with Gasteiger partial charge in [0.2, 0.25) is 0 Å². The predicted molar refractivity (Wildman–Crippen MR) is 97.8 cm³/mol. The maximum Gasteiger partial charge on any atom is 0.338 e. The van der Waals surface area contributed by atoms with E-state index >= 15 is 0 Å². The highest BCUT2D eigenvalue weighted by Gasteiger charge is 2.32. The van der Waals surface area contributed by atoms with Gasteiger partial charge in [-0.05, 0) is 37.3 Å². The quantitative estimate of drug-likeness (QED) is 0.420. The van der Waals surface area contributed by atoms with Crippen molar-refractivity contribution in [3.8, 4) is 5.75 Å². The van der Waals surface area contributed by atoms with Crippen LogP contribution in [0.3, 0.4) is 0 Å². The molecule has 1 unspecified atom stereocenters. The number of allylic oxidation sites excluding steroid dienone is 1. The first-order chi connectivity index (χ1) is 11.5. The number of thiocarbonyl (C=S) groups is 1. The second kappa shape index (κ2) is 8.46. The Bertz CT molecular complexity index is 678. The summed E-state index contributed by atoms with van der Waals surface area (Å²) < 4.78 is 16.5. The number of carbonyl (C=O) groups is 1. The van der Waals surface area contributed by atoms with Gasteiger partial charge in [-0.1, -0.05) is 15.9 Å². The molecule has 130 valence electrons. The van der Waals surface area contributed by atoms with Crippen LogP contribution in [0.25, 0.3) is 0 Å². The Morgan fingerprint density at radius 2 is 2.08 bits per heavy atom. The average Bonchev–Trinajstić information content (AvgIpc) is 2.54. The summed E-state index contributed by atoms with van der Waals surface area (Å²) in [5, 5.41) is 6.52. The summed E-state index contributed by atoms with van der Waals surface area (Å²) in [5.74, 6) is 0.217. The summed E-state index contributed by atoms with van der Waals surface area (Å²) in [4.78, 5) is 12.5. The Morgan fingerprint density at radius 1 is 1.33 bits per heavy atom. The molecule has 1 aliphatic rings. The third-order valence-electron chi connectivity index (χ3n) is 3.51. The molecule has 0 saturated carbocycles. The monoisotopic (exact) mass is 414 g/mol. The van der Waals surface area contributed by atoms with Crippen LogP contribution >= 0.6 is 28.1 Å². The molecule has 1 atom stereocenters. The molecule has 0 bridgehead atoms. The van der Waals surface area contributed by atoms with Crippen molar-refractivity contribution in [3.05, 3.63) is 39.5 Å². The average molecular weight is 415 g/mol. The molecular weight excluding hydrogens is 396 g/mol. The zero-order chi connectivity index (χ0) is 17.7. The smallest absolute Gasteiger partial charge is 0.338 e. The lowest BCUT2D eigenvalue weighted by Crippen LogP contribution is -2.45. The molecule has 0 fully saturated rings. The van der Waals surface area contributed by atoms with Gasteiger partial charge in [0.25, 0.3) is 0 Å². The van der Waals surface area contributed by atoms with Gasteiger partial charge < -0.3 is 24.8 Å². The van der Waals surface area contributed by atoms with E-state index in [2.05, 4.69) is 26.6 Å². The van der Waals surface area contributed by atoms with Gasteiger partial charge in [0.15, 0.2) is 5.11 Å². The highest BCUT2D eigenvalue weighted by Crippen LogP contribution is 2.35. The van der Waals surface area contributed by atoms with Crippen LogP contribution in [-0.4, -0.2) is 38.5 Å². The molecule has 0 amide bonds.